The third-order valence-electron chi connectivity index (χ3n) is 5.08. The summed E-state index contributed by atoms with van der Waals surface area (Å²) in [6.07, 6.45) is 0. The molecule has 37 heavy (non-hydrogen) atoms. The molecule has 0 fully saturated rings. The summed E-state index contributed by atoms with van der Waals surface area (Å²) in [7, 11) is 0. The highest BCUT2D eigenvalue weighted by Crippen LogP contribution is 2.24. The first-order valence-corrected chi connectivity index (χ1v) is 11.2. The lowest BCUT2D eigenvalue weighted by atomic mass is 10.1. The molecule has 0 unspecified atom stereocenters. The van der Waals surface area contributed by atoms with Crippen molar-refractivity contribution in [2.75, 3.05) is 17.2 Å². The van der Waals surface area contributed by atoms with E-state index in [1.807, 2.05) is 78.9 Å². The number of allylic oxidation sites excluding steroid dienone is 1. The number of nitrogens with one attached hydrogen (secondary N) is 2. The molecule has 0 aliphatic heterocycles. The molecule has 4 rings (SSSR count). The van der Waals surface area contributed by atoms with Gasteiger partial charge in [-0.25, -0.2) is 0 Å². The Hall–Kier alpha value is -5.67. The molecule has 0 saturated carbocycles. The monoisotopic (exact) mass is 486 g/mol. The van der Waals surface area contributed by atoms with E-state index in [-0.39, 0.29) is 18.1 Å². The molecule has 0 radical (unpaired) electrons. The van der Waals surface area contributed by atoms with Gasteiger partial charge in [0.15, 0.2) is 17.4 Å². The molecule has 4 aromatic rings. The van der Waals surface area contributed by atoms with Crippen molar-refractivity contribution in [3.05, 3.63) is 108 Å². The van der Waals surface area contributed by atoms with Gasteiger partial charge < -0.3 is 21.1 Å². The molecule has 0 aliphatic carbocycles. The molecule has 3 aromatic carbocycles. The van der Waals surface area contributed by atoms with Gasteiger partial charge in [0.1, 0.15) is 24.5 Å². The van der Waals surface area contributed by atoms with Crippen molar-refractivity contribution in [2.24, 2.45) is 10.7 Å². The maximum Gasteiger partial charge on any atom is 0.199 e. The predicted molar refractivity (Wildman–Crippen MR) is 143 cm³/mol. The zero-order chi connectivity index (χ0) is 25.9. The molecule has 4 N–H and O–H groups in total. The van der Waals surface area contributed by atoms with E-state index in [2.05, 4.69) is 25.8 Å². The van der Waals surface area contributed by atoms with Gasteiger partial charge >= 0.3 is 0 Å². The summed E-state index contributed by atoms with van der Waals surface area (Å²) in [5.74, 6) is 1.03. The fourth-order valence-corrected chi connectivity index (χ4v) is 3.30. The maximum absolute atomic E-state index is 9.45. The summed E-state index contributed by atoms with van der Waals surface area (Å²) in [4.78, 5) is 4.29. The van der Waals surface area contributed by atoms with E-state index in [1.54, 1.807) is 30.3 Å². The molecule has 0 atom stereocenters. The molecule has 0 spiro atoms. The summed E-state index contributed by atoms with van der Waals surface area (Å²) in [6, 6.07) is 33.4. The third kappa shape index (κ3) is 6.69. The van der Waals surface area contributed by atoms with Crippen molar-refractivity contribution < 1.29 is 4.74 Å². The van der Waals surface area contributed by atoms with Crippen LogP contribution < -0.4 is 21.1 Å². The number of aliphatic imine (C=N–C) groups is 1. The first-order valence-electron chi connectivity index (χ1n) is 11.2. The summed E-state index contributed by atoms with van der Waals surface area (Å²) >= 11 is 0. The van der Waals surface area contributed by atoms with E-state index in [0.717, 1.165) is 11.3 Å². The number of para-hydroxylation sites is 3. The van der Waals surface area contributed by atoms with Gasteiger partial charge in [0.25, 0.3) is 0 Å². The van der Waals surface area contributed by atoms with Gasteiger partial charge in [0.05, 0.1) is 22.8 Å². The Bertz CT molecular complexity index is 1470. The molecular weight excluding hydrogens is 464 g/mol. The minimum absolute atomic E-state index is 0.0122. The van der Waals surface area contributed by atoms with Crippen molar-refractivity contribution in [3.8, 4) is 29.1 Å². The van der Waals surface area contributed by atoms with E-state index >= 15 is 0 Å². The smallest absolute Gasteiger partial charge is 0.199 e. The lowest BCUT2D eigenvalue weighted by Gasteiger charge is -2.16. The number of nitrogens with two attached hydrogens (primary N) is 1. The minimum atomic E-state index is -0.0962. The highest BCUT2D eigenvalue weighted by atomic mass is 16.5. The second kappa shape index (κ2) is 12.2. The third-order valence-corrected chi connectivity index (χ3v) is 5.08. The van der Waals surface area contributed by atoms with Crippen molar-refractivity contribution in [2.45, 2.75) is 0 Å². The van der Waals surface area contributed by atoms with Crippen molar-refractivity contribution >= 4 is 23.2 Å². The molecule has 0 amide bonds. The van der Waals surface area contributed by atoms with Gasteiger partial charge in [-0.2, -0.15) is 15.5 Å². The molecule has 180 valence electrons. The first-order chi connectivity index (χ1) is 18.2. The van der Waals surface area contributed by atoms with Gasteiger partial charge in [0.2, 0.25) is 0 Å². The van der Waals surface area contributed by atoms with Crippen LogP contribution in [0.2, 0.25) is 0 Å². The highest BCUT2D eigenvalue weighted by molar-refractivity contribution is 5.96. The van der Waals surface area contributed by atoms with Crippen molar-refractivity contribution in [1.82, 2.24) is 10.2 Å². The average Bonchev–Trinajstić information content (AvgIpc) is 2.94. The van der Waals surface area contributed by atoms with Gasteiger partial charge in [-0.1, -0.05) is 60.7 Å². The normalized spacial score (nSPS) is 10.5. The molecule has 9 heteroatoms. The Balaban J connectivity index is 1.51. The Morgan fingerprint density at radius 1 is 0.784 bits per heavy atom. The van der Waals surface area contributed by atoms with Crippen LogP contribution in [0.4, 0.5) is 17.2 Å². The zero-order valence-electron chi connectivity index (χ0n) is 19.7. The summed E-state index contributed by atoms with van der Waals surface area (Å²) < 4.78 is 5.76. The van der Waals surface area contributed by atoms with Crippen LogP contribution in [0.1, 0.15) is 0 Å². The first kappa shape index (κ1) is 24.5. The molecular formula is C28H22N8O. The van der Waals surface area contributed by atoms with Crippen LogP contribution in [-0.4, -0.2) is 22.8 Å². The number of nitriles is 2. The lowest BCUT2D eigenvalue weighted by molar-refractivity contribution is 0.353. The Morgan fingerprint density at radius 2 is 1.41 bits per heavy atom. The molecule has 0 aliphatic rings. The van der Waals surface area contributed by atoms with E-state index < -0.39 is 0 Å². The Morgan fingerprint density at radius 3 is 2.03 bits per heavy atom. The minimum Gasteiger partial charge on any atom is -0.487 e. The molecule has 1 heterocycles. The number of ether oxygens (including phenoxy) is 1. The molecule has 0 bridgehead atoms. The highest BCUT2D eigenvalue weighted by Gasteiger charge is 2.12. The number of hydrogen-bond donors (Lipinski definition) is 3. The summed E-state index contributed by atoms with van der Waals surface area (Å²) in [5.41, 5.74) is 9.17. The summed E-state index contributed by atoms with van der Waals surface area (Å²) in [5, 5.41) is 33.4. The van der Waals surface area contributed by atoms with Gasteiger partial charge in [-0.3, -0.25) is 0 Å². The average molecular weight is 487 g/mol. The fraction of sp³-hybridized carbons (Fsp3) is 0.0357. The van der Waals surface area contributed by atoms with Crippen LogP contribution in [0.5, 0.6) is 5.75 Å². The van der Waals surface area contributed by atoms with Crippen molar-refractivity contribution in [3.63, 3.8) is 0 Å². The van der Waals surface area contributed by atoms with Crippen LogP contribution >= 0.6 is 0 Å². The standard InChI is InChI=1S/C28H22N8O/c29-17-21(18-30)26(19-37-22-11-5-2-6-12-22)32-24-13-7-8-14-25(24)33-28(31)34-27-16-15-23(35-36-27)20-9-3-1-4-10-20/h1-16,32H,19H2,(H3,31,33,34,36). The van der Waals surface area contributed by atoms with Crippen LogP contribution in [0.25, 0.3) is 11.3 Å². The predicted octanol–water partition coefficient (Wildman–Crippen LogP) is 4.99. The quantitative estimate of drug-likeness (QED) is 0.179. The van der Waals surface area contributed by atoms with Crippen LogP contribution in [-0.2, 0) is 0 Å². The number of anilines is 2. The molecule has 0 saturated heterocycles. The SMILES string of the molecule is N#CC(C#N)=C(COc1ccccc1)Nc1ccccc1NC(N)=Nc1ccc(-c2ccccc2)nn1. The molecule has 9 nitrogen and oxygen atoms in total. The lowest BCUT2D eigenvalue weighted by Crippen LogP contribution is -2.23. The topological polar surface area (TPSA) is 145 Å². The van der Waals surface area contributed by atoms with Gasteiger partial charge in [0, 0.05) is 5.56 Å². The maximum atomic E-state index is 9.45. The number of guanidine groups is 1. The van der Waals surface area contributed by atoms with E-state index in [0.29, 0.717) is 28.6 Å². The number of benzene rings is 3. The Kier molecular flexibility index (Phi) is 8.03. The van der Waals surface area contributed by atoms with Crippen LogP contribution in [0.15, 0.2) is 113 Å². The fourth-order valence-electron chi connectivity index (χ4n) is 3.30. The van der Waals surface area contributed by atoms with Gasteiger partial charge in [-0.15, -0.1) is 10.2 Å². The van der Waals surface area contributed by atoms with E-state index in [4.69, 9.17) is 10.5 Å². The number of rotatable bonds is 8. The molecule has 1 aromatic heterocycles. The second-order valence-electron chi connectivity index (χ2n) is 7.61. The largest absolute Gasteiger partial charge is 0.487 e. The number of aromatic nitrogens is 2. The number of nitrogens with zero attached hydrogens (tertiary/aromatic N) is 5. The van der Waals surface area contributed by atoms with E-state index in [1.165, 1.54) is 0 Å². The van der Waals surface area contributed by atoms with Gasteiger partial charge in [-0.05, 0) is 36.4 Å². The second-order valence-corrected chi connectivity index (χ2v) is 7.61. The van der Waals surface area contributed by atoms with Crippen molar-refractivity contribution in [1.29, 1.82) is 10.5 Å². The number of hydrogen-bond acceptors (Lipinski definition) is 7. The van der Waals surface area contributed by atoms with Crippen LogP contribution in [0.3, 0.4) is 0 Å². The summed E-state index contributed by atoms with van der Waals surface area (Å²) in [6.45, 7) is -0.0122. The van der Waals surface area contributed by atoms with E-state index in [9.17, 15) is 10.5 Å². The van der Waals surface area contributed by atoms with Crippen LogP contribution in [0, 0.1) is 22.7 Å². The zero-order valence-corrected chi connectivity index (χ0v) is 19.7. The Labute approximate surface area is 214 Å².